The van der Waals surface area contributed by atoms with Crippen molar-refractivity contribution in [1.29, 1.82) is 0 Å². The van der Waals surface area contributed by atoms with Crippen molar-refractivity contribution in [2.24, 2.45) is 5.73 Å². The van der Waals surface area contributed by atoms with E-state index in [1.54, 1.807) is 0 Å². The smallest absolute Gasteiger partial charge is 0.138 e. The summed E-state index contributed by atoms with van der Waals surface area (Å²) in [5, 5.41) is 1.24. The van der Waals surface area contributed by atoms with Crippen LogP contribution >= 0.6 is 0 Å². The van der Waals surface area contributed by atoms with Crippen molar-refractivity contribution < 1.29 is 0 Å². The first-order valence-corrected chi connectivity index (χ1v) is 12.6. The van der Waals surface area contributed by atoms with E-state index in [0.717, 1.165) is 49.6 Å². The summed E-state index contributed by atoms with van der Waals surface area (Å²) < 4.78 is 4.62. The molecular weight excluding hydrogens is 430 g/mol. The Morgan fingerprint density at radius 1 is 0.943 bits per heavy atom. The van der Waals surface area contributed by atoms with E-state index in [0.29, 0.717) is 6.04 Å². The summed E-state index contributed by atoms with van der Waals surface area (Å²) in [6.07, 6.45) is 4.49. The van der Waals surface area contributed by atoms with Gasteiger partial charge in [-0.25, -0.2) is 4.98 Å². The fraction of sp³-hybridized carbons (Fsp3) is 0.300. The molecule has 1 aliphatic heterocycles. The number of rotatable bonds is 5. The lowest BCUT2D eigenvalue weighted by Gasteiger charge is -2.30. The van der Waals surface area contributed by atoms with Crippen LogP contribution in [-0.4, -0.2) is 38.0 Å². The van der Waals surface area contributed by atoms with Crippen LogP contribution in [0.15, 0.2) is 72.9 Å². The first-order valence-electron chi connectivity index (χ1n) is 12.6. The molecule has 0 saturated carbocycles. The van der Waals surface area contributed by atoms with Crippen molar-refractivity contribution in [3.8, 4) is 11.4 Å². The molecular formula is C30H33N5. The largest absolute Gasteiger partial charge is 0.335 e. The number of imidazole rings is 1. The molecule has 2 aromatic carbocycles. The maximum atomic E-state index is 6.21. The third-order valence-corrected chi connectivity index (χ3v) is 7.39. The molecule has 3 aromatic heterocycles. The Hall–Kier alpha value is -3.41. The lowest BCUT2D eigenvalue weighted by molar-refractivity contribution is 0.201. The fourth-order valence-electron chi connectivity index (χ4n) is 5.50. The first-order chi connectivity index (χ1) is 17.0. The maximum Gasteiger partial charge on any atom is 0.138 e. The van der Waals surface area contributed by atoms with Gasteiger partial charge in [-0.2, -0.15) is 0 Å². The molecule has 0 aliphatic carbocycles. The maximum absolute atomic E-state index is 6.21. The van der Waals surface area contributed by atoms with Crippen LogP contribution in [0, 0.1) is 13.8 Å². The third-order valence-electron chi connectivity index (χ3n) is 7.39. The van der Waals surface area contributed by atoms with Gasteiger partial charge in [0.1, 0.15) is 11.3 Å². The number of aryl methyl sites for hydroxylation is 2. The number of piperidine rings is 1. The monoisotopic (exact) mass is 463 g/mol. The lowest BCUT2D eigenvalue weighted by atomic mass is 10.1. The van der Waals surface area contributed by atoms with Crippen LogP contribution in [0.5, 0.6) is 0 Å². The number of fused-ring (bicyclic) bond motifs is 2. The van der Waals surface area contributed by atoms with Gasteiger partial charge in [-0.05, 0) is 68.6 Å². The number of likely N-dealkylation sites (tertiary alicyclic amines) is 1. The second kappa shape index (κ2) is 8.99. The molecule has 1 atom stereocenters. The summed E-state index contributed by atoms with van der Waals surface area (Å²) in [7, 11) is 0. The van der Waals surface area contributed by atoms with E-state index in [-0.39, 0.29) is 0 Å². The van der Waals surface area contributed by atoms with Crippen molar-refractivity contribution in [2.75, 3.05) is 13.1 Å². The zero-order valence-electron chi connectivity index (χ0n) is 20.6. The van der Waals surface area contributed by atoms with Crippen LogP contribution in [0.2, 0.25) is 0 Å². The highest BCUT2D eigenvalue weighted by Gasteiger charge is 2.19. The molecule has 35 heavy (non-hydrogen) atoms. The standard InChI is InChI=1S/C30H33N5/c1-21-9-11-23(12-10-21)19-35-27-8-4-3-6-25(27)17-28(35)30-22(2)34-15-13-24(16-29(34)32-30)18-33-14-5-7-26(31)20-33/h3-4,6,8-13,15-17,26H,5,7,14,18-20,31H2,1-2H3. The molecule has 0 spiro atoms. The highest BCUT2D eigenvalue weighted by molar-refractivity contribution is 5.87. The Bertz CT molecular complexity index is 1490. The van der Waals surface area contributed by atoms with E-state index < -0.39 is 0 Å². The zero-order valence-corrected chi connectivity index (χ0v) is 20.6. The lowest BCUT2D eigenvalue weighted by Crippen LogP contribution is -2.42. The van der Waals surface area contributed by atoms with Gasteiger partial charge >= 0.3 is 0 Å². The fourth-order valence-corrected chi connectivity index (χ4v) is 5.50. The van der Waals surface area contributed by atoms with Crippen LogP contribution in [0.1, 0.15) is 35.2 Å². The van der Waals surface area contributed by atoms with Gasteiger partial charge in [0, 0.05) is 48.5 Å². The van der Waals surface area contributed by atoms with Crippen LogP contribution in [0.3, 0.4) is 0 Å². The number of hydrogen-bond donors (Lipinski definition) is 1. The second-order valence-electron chi connectivity index (χ2n) is 10.1. The number of hydrogen-bond acceptors (Lipinski definition) is 3. The first kappa shape index (κ1) is 22.1. The van der Waals surface area contributed by atoms with E-state index in [4.69, 9.17) is 10.7 Å². The van der Waals surface area contributed by atoms with Gasteiger partial charge in [0.15, 0.2) is 0 Å². The third kappa shape index (κ3) is 4.26. The molecule has 4 heterocycles. The second-order valence-corrected chi connectivity index (χ2v) is 10.1. The minimum Gasteiger partial charge on any atom is -0.335 e. The molecule has 6 rings (SSSR count). The van der Waals surface area contributed by atoms with Crippen LogP contribution in [-0.2, 0) is 13.1 Å². The van der Waals surface area contributed by atoms with Gasteiger partial charge in [0.25, 0.3) is 0 Å². The number of nitrogens with two attached hydrogens (primary N) is 1. The van der Waals surface area contributed by atoms with Crippen LogP contribution in [0.4, 0.5) is 0 Å². The Kier molecular flexibility index (Phi) is 5.67. The summed E-state index contributed by atoms with van der Waals surface area (Å²) >= 11 is 0. The Balaban J connectivity index is 1.40. The van der Waals surface area contributed by atoms with E-state index >= 15 is 0 Å². The number of aromatic nitrogens is 3. The van der Waals surface area contributed by atoms with Gasteiger partial charge in [-0.3, -0.25) is 4.90 Å². The topological polar surface area (TPSA) is 51.5 Å². The van der Waals surface area contributed by atoms with Gasteiger partial charge in [0.05, 0.1) is 5.69 Å². The van der Waals surface area contributed by atoms with Gasteiger partial charge < -0.3 is 14.7 Å². The van der Waals surface area contributed by atoms with E-state index in [1.165, 1.54) is 39.7 Å². The van der Waals surface area contributed by atoms with Crippen molar-refractivity contribution in [2.45, 2.75) is 45.8 Å². The van der Waals surface area contributed by atoms with Crippen LogP contribution < -0.4 is 5.73 Å². The van der Waals surface area contributed by atoms with E-state index in [1.807, 2.05) is 0 Å². The van der Waals surface area contributed by atoms with Gasteiger partial charge in [0.2, 0.25) is 0 Å². The molecule has 0 bridgehead atoms. The van der Waals surface area contributed by atoms with Crippen molar-refractivity contribution in [3.05, 3.63) is 95.3 Å². The zero-order chi connectivity index (χ0) is 23.9. The molecule has 5 heteroatoms. The Morgan fingerprint density at radius 2 is 1.77 bits per heavy atom. The van der Waals surface area contributed by atoms with Crippen LogP contribution in [0.25, 0.3) is 27.9 Å². The Morgan fingerprint density at radius 3 is 2.60 bits per heavy atom. The molecule has 0 amide bonds. The Labute approximate surface area is 206 Å². The summed E-state index contributed by atoms with van der Waals surface area (Å²) in [4.78, 5) is 7.63. The molecule has 1 saturated heterocycles. The number of benzene rings is 2. The normalized spacial score (nSPS) is 16.9. The molecule has 0 radical (unpaired) electrons. The molecule has 2 N–H and O–H groups in total. The SMILES string of the molecule is Cc1ccc(Cn2c(-c3nc4cc(CN5CCCC(N)C5)ccn4c3C)cc3ccccc32)cc1. The number of para-hydroxylation sites is 1. The molecule has 178 valence electrons. The van der Waals surface area contributed by atoms with Crippen molar-refractivity contribution >= 4 is 16.6 Å². The highest BCUT2D eigenvalue weighted by atomic mass is 15.1. The number of pyridine rings is 1. The average molecular weight is 464 g/mol. The average Bonchev–Trinajstić information content (AvgIpc) is 3.38. The van der Waals surface area contributed by atoms with E-state index in [9.17, 15) is 0 Å². The predicted molar refractivity (Wildman–Crippen MR) is 144 cm³/mol. The summed E-state index contributed by atoms with van der Waals surface area (Å²) in [5.41, 5.74) is 15.7. The molecule has 1 aliphatic rings. The minimum atomic E-state index is 0.295. The van der Waals surface area contributed by atoms with Crippen molar-refractivity contribution in [1.82, 2.24) is 18.9 Å². The molecule has 5 nitrogen and oxygen atoms in total. The molecule has 1 fully saturated rings. The molecule has 5 aromatic rings. The van der Waals surface area contributed by atoms with Gasteiger partial charge in [-0.15, -0.1) is 0 Å². The summed E-state index contributed by atoms with van der Waals surface area (Å²) in [5.74, 6) is 0. The molecule has 1 unspecified atom stereocenters. The minimum absolute atomic E-state index is 0.295. The summed E-state index contributed by atoms with van der Waals surface area (Å²) in [6.45, 7) is 8.15. The predicted octanol–water partition coefficient (Wildman–Crippen LogP) is 5.54. The quantitative estimate of drug-likeness (QED) is 0.372. The summed E-state index contributed by atoms with van der Waals surface area (Å²) in [6, 6.07) is 24.5. The highest BCUT2D eigenvalue weighted by Crippen LogP contribution is 2.31. The van der Waals surface area contributed by atoms with Crippen molar-refractivity contribution in [3.63, 3.8) is 0 Å². The van der Waals surface area contributed by atoms with E-state index in [2.05, 4.69) is 101 Å². The number of nitrogens with zero attached hydrogens (tertiary/aromatic N) is 4. The van der Waals surface area contributed by atoms with Gasteiger partial charge in [-0.1, -0.05) is 48.0 Å².